The minimum Gasteiger partial charge on any atom is -0.382 e. The van der Waals surface area contributed by atoms with Gasteiger partial charge in [0.15, 0.2) is 0 Å². The highest BCUT2D eigenvalue weighted by atomic mass is 16.6. The summed E-state index contributed by atoms with van der Waals surface area (Å²) in [6.07, 6.45) is 0.842. The van der Waals surface area contributed by atoms with Gasteiger partial charge in [-0.3, -0.25) is 0 Å². The Balaban J connectivity index is 2.37. The summed E-state index contributed by atoms with van der Waals surface area (Å²) in [5.41, 5.74) is 0. The highest BCUT2D eigenvalue weighted by molar-refractivity contribution is 6.11. The number of rotatable bonds is 3. The molecule has 0 aromatic carbocycles. The molecule has 1 aliphatic heterocycles. The summed E-state index contributed by atoms with van der Waals surface area (Å²) < 4.78 is 15.4. The van der Waals surface area contributed by atoms with Gasteiger partial charge in [-0.2, -0.15) is 0 Å². The third-order valence-electron chi connectivity index (χ3n) is 1.86. The van der Waals surface area contributed by atoms with Crippen LogP contribution in [0.2, 0.25) is 0 Å². The highest BCUT2D eigenvalue weighted by Gasteiger charge is 2.32. The summed E-state index contributed by atoms with van der Waals surface area (Å²) in [7, 11) is 8.86. The van der Waals surface area contributed by atoms with Crippen molar-refractivity contribution in [1.82, 2.24) is 0 Å². The van der Waals surface area contributed by atoms with Crippen LogP contribution in [0.5, 0.6) is 0 Å². The lowest BCUT2D eigenvalue weighted by Crippen LogP contribution is -2.27. The van der Waals surface area contributed by atoms with Crippen molar-refractivity contribution in [2.24, 2.45) is 0 Å². The fourth-order valence-corrected chi connectivity index (χ4v) is 1.31. The topological polar surface area (TPSA) is 27.7 Å². The summed E-state index contributed by atoms with van der Waals surface area (Å²) in [6.45, 7) is 0.548. The monoisotopic (exact) mass is 156 g/mol. The highest BCUT2D eigenvalue weighted by Crippen LogP contribution is 2.20. The first kappa shape index (κ1) is 9.04. The Labute approximate surface area is 68.4 Å². The van der Waals surface area contributed by atoms with Crippen molar-refractivity contribution >= 4 is 7.85 Å². The molecule has 1 saturated heterocycles. The van der Waals surface area contributed by atoms with E-state index in [2.05, 4.69) is 0 Å². The molecule has 0 N–H and O–H groups in total. The molecule has 3 nitrogen and oxygen atoms in total. The molecule has 1 fully saturated rings. The molecule has 0 amide bonds. The van der Waals surface area contributed by atoms with E-state index in [0.717, 1.165) is 6.42 Å². The lowest BCUT2D eigenvalue weighted by molar-refractivity contribution is -0.0315. The lowest BCUT2D eigenvalue weighted by Gasteiger charge is -2.15. The van der Waals surface area contributed by atoms with Crippen molar-refractivity contribution in [3.8, 4) is 0 Å². The van der Waals surface area contributed by atoms with E-state index in [4.69, 9.17) is 22.1 Å². The Bertz CT molecular complexity index is 120. The number of hydrogen-bond donors (Lipinski definition) is 0. The van der Waals surface area contributed by atoms with Gasteiger partial charge in [-0.25, -0.2) is 0 Å². The molecule has 11 heavy (non-hydrogen) atoms. The van der Waals surface area contributed by atoms with Gasteiger partial charge in [0, 0.05) is 20.2 Å². The molecule has 0 bridgehead atoms. The first-order chi connectivity index (χ1) is 5.27. The van der Waals surface area contributed by atoms with Crippen molar-refractivity contribution < 1.29 is 14.2 Å². The SMILES string of the molecule is [B]C1C[C@@H](OC)[C@@H](COC)O1. The molecule has 1 aliphatic rings. The van der Waals surface area contributed by atoms with Crippen LogP contribution in [0.15, 0.2) is 0 Å². The van der Waals surface area contributed by atoms with E-state index >= 15 is 0 Å². The molecule has 1 heterocycles. The van der Waals surface area contributed by atoms with Gasteiger partial charge in [0.2, 0.25) is 0 Å². The molecular weight excluding hydrogens is 143 g/mol. The van der Waals surface area contributed by atoms with Crippen molar-refractivity contribution in [3.05, 3.63) is 0 Å². The van der Waals surface area contributed by atoms with Crippen molar-refractivity contribution in [2.75, 3.05) is 20.8 Å². The molecule has 62 valence electrons. The molecule has 0 saturated carbocycles. The first-order valence-electron chi connectivity index (χ1n) is 3.70. The molecular formula is C7H13BO3. The van der Waals surface area contributed by atoms with E-state index in [0.29, 0.717) is 6.61 Å². The van der Waals surface area contributed by atoms with Gasteiger partial charge in [-0.1, -0.05) is 0 Å². The van der Waals surface area contributed by atoms with Gasteiger partial charge >= 0.3 is 0 Å². The summed E-state index contributed by atoms with van der Waals surface area (Å²) in [6, 6.07) is -0.194. The fourth-order valence-electron chi connectivity index (χ4n) is 1.31. The van der Waals surface area contributed by atoms with E-state index in [1.165, 1.54) is 0 Å². The van der Waals surface area contributed by atoms with Crippen molar-refractivity contribution in [1.29, 1.82) is 0 Å². The molecule has 0 aromatic rings. The Morgan fingerprint density at radius 1 is 1.55 bits per heavy atom. The molecule has 0 aliphatic carbocycles. The zero-order valence-corrected chi connectivity index (χ0v) is 6.95. The van der Waals surface area contributed by atoms with Crippen LogP contribution in [0, 0.1) is 0 Å². The Morgan fingerprint density at radius 2 is 2.27 bits per heavy atom. The predicted molar refractivity (Wildman–Crippen MR) is 41.7 cm³/mol. The average molecular weight is 156 g/mol. The van der Waals surface area contributed by atoms with Crippen LogP contribution in [0.1, 0.15) is 6.42 Å². The van der Waals surface area contributed by atoms with Crippen LogP contribution in [0.4, 0.5) is 0 Å². The zero-order chi connectivity index (χ0) is 8.27. The molecule has 1 unspecified atom stereocenters. The fraction of sp³-hybridized carbons (Fsp3) is 1.00. The van der Waals surface area contributed by atoms with Gasteiger partial charge in [-0.15, -0.1) is 0 Å². The number of methoxy groups -OCH3 is 2. The molecule has 2 radical (unpaired) electrons. The van der Waals surface area contributed by atoms with Crippen molar-refractivity contribution in [2.45, 2.75) is 24.6 Å². The Hall–Kier alpha value is -0.0551. The molecule has 0 spiro atoms. The molecule has 4 heteroatoms. The normalized spacial score (nSPS) is 37.8. The minimum absolute atomic E-state index is 0.000000000000000222. The van der Waals surface area contributed by atoms with Crippen molar-refractivity contribution in [3.63, 3.8) is 0 Å². The van der Waals surface area contributed by atoms with E-state index in [1.807, 2.05) is 0 Å². The maximum absolute atomic E-state index is 5.56. The van der Waals surface area contributed by atoms with Crippen LogP contribution in [-0.2, 0) is 14.2 Å². The quantitative estimate of drug-likeness (QED) is 0.535. The summed E-state index contributed by atoms with van der Waals surface area (Å²) in [4.78, 5) is 0. The largest absolute Gasteiger partial charge is 0.382 e. The van der Waals surface area contributed by atoms with Gasteiger partial charge in [0.1, 0.15) is 14.0 Å². The minimum atomic E-state index is -0.194. The molecule has 3 atom stereocenters. The van der Waals surface area contributed by atoms with Crippen LogP contribution in [0.25, 0.3) is 0 Å². The van der Waals surface area contributed by atoms with Crippen LogP contribution < -0.4 is 0 Å². The second kappa shape index (κ2) is 4.09. The van der Waals surface area contributed by atoms with Gasteiger partial charge in [0.25, 0.3) is 0 Å². The van der Waals surface area contributed by atoms with Gasteiger partial charge in [-0.05, 0) is 6.42 Å². The third kappa shape index (κ3) is 2.19. The maximum atomic E-state index is 5.56. The molecule has 1 rings (SSSR count). The van der Waals surface area contributed by atoms with E-state index < -0.39 is 0 Å². The van der Waals surface area contributed by atoms with Crippen LogP contribution in [-0.4, -0.2) is 46.9 Å². The summed E-state index contributed by atoms with van der Waals surface area (Å²) >= 11 is 0. The zero-order valence-electron chi connectivity index (χ0n) is 6.95. The Kier molecular flexibility index (Phi) is 3.36. The second-order valence-corrected chi connectivity index (χ2v) is 2.68. The second-order valence-electron chi connectivity index (χ2n) is 2.68. The maximum Gasteiger partial charge on any atom is 0.109 e. The lowest BCUT2D eigenvalue weighted by atomic mass is 9.96. The van der Waals surface area contributed by atoms with E-state index in [9.17, 15) is 0 Å². The number of hydrogen-bond acceptors (Lipinski definition) is 3. The van der Waals surface area contributed by atoms with Gasteiger partial charge in [0.05, 0.1) is 12.7 Å². The van der Waals surface area contributed by atoms with Gasteiger partial charge < -0.3 is 14.2 Å². The predicted octanol–water partition coefficient (Wildman–Crippen LogP) is -0.0687. The third-order valence-corrected chi connectivity index (χ3v) is 1.86. The number of ether oxygens (including phenoxy) is 3. The molecule has 0 aromatic heterocycles. The van der Waals surface area contributed by atoms with E-state index in [1.54, 1.807) is 14.2 Å². The summed E-state index contributed by atoms with van der Waals surface area (Å²) in [5.74, 6) is 0. The van der Waals surface area contributed by atoms with Crippen LogP contribution >= 0.6 is 0 Å². The van der Waals surface area contributed by atoms with Crippen LogP contribution in [0.3, 0.4) is 0 Å². The first-order valence-corrected chi connectivity index (χ1v) is 3.70. The summed E-state index contributed by atoms with van der Waals surface area (Å²) in [5, 5.41) is 0. The Morgan fingerprint density at radius 3 is 2.82 bits per heavy atom. The standard InChI is InChI=1S/C7H13BO3/c1-9-4-6-5(10-2)3-7(8)11-6/h5-7H,3-4H2,1-2H3/t5-,6-,7?/m1/s1. The van der Waals surface area contributed by atoms with E-state index in [-0.39, 0.29) is 18.2 Å². The average Bonchev–Trinajstić information content (AvgIpc) is 2.32. The smallest absolute Gasteiger partial charge is 0.109 e.